The van der Waals surface area contributed by atoms with Crippen molar-refractivity contribution in [2.45, 2.75) is 90.6 Å². The number of aliphatic hydroxyl groups is 1. The van der Waals surface area contributed by atoms with Crippen molar-refractivity contribution in [2.24, 2.45) is 0 Å². The first-order chi connectivity index (χ1) is 14.1. The van der Waals surface area contributed by atoms with Gasteiger partial charge < -0.3 is 10.4 Å². The predicted molar refractivity (Wildman–Crippen MR) is 127 cm³/mol. The van der Waals surface area contributed by atoms with Crippen LogP contribution in [0.4, 0.5) is 0 Å². The Balaban J connectivity index is 4.19. The number of unbranched alkanes of at least 4 members (excludes halogenated alkanes) is 5. The van der Waals surface area contributed by atoms with Crippen LogP contribution in [0.1, 0.15) is 85.0 Å². The lowest BCUT2D eigenvalue weighted by molar-refractivity contribution is -0.118. The molecule has 29 heavy (non-hydrogen) atoms. The Morgan fingerprint density at radius 2 is 1.45 bits per heavy atom. The van der Waals surface area contributed by atoms with Gasteiger partial charge in [-0.05, 0) is 32.6 Å². The van der Waals surface area contributed by atoms with E-state index >= 15 is 0 Å². The summed E-state index contributed by atoms with van der Waals surface area (Å²) in [6.45, 7) is 6.64. The molecular formula is C26H43NO2. The van der Waals surface area contributed by atoms with E-state index in [4.69, 9.17) is 0 Å². The van der Waals surface area contributed by atoms with Crippen LogP contribution in [0.15, 0.2) is 60.8 Å². The van der Waals surface area contributed by atoms with Crippen LogP contribution in [0.25, 0.3) is 0 Å². The monoisotopic (exact) mass is 401 g/mol. The third-order valence-corrected chi connectivity index (χ3v) is 4.74. The molecule has 0 bridgehead atoms. The zero-order chi connectivity index (χ0) is 21.6. The minimum atomic E-state index is -0.781. The molecule has 0 aliphatic rings. The van der Waals surface area contributed by atoms with Crippen molar-refractivity contribution in [3.63, 3.8) is 0 Å². The number of hydrogen-bond acceptors (Lipinski definition) is 2. The van der Waals surface area contributed by atoms with Gasteiger partial charge in [-0.3, -0.25) is 4.79 Å². The van der Waals surface area contributed by atoms with Crippen molar-refractivity contribution in [1.82, 2.24) is 5.32 Å². The molecule has 0 aliphatic carbocycles. The Labute approximate surface area is 179 Å². The molecule has 0 rings (SSSR count). The fourth-order valence-electron chi connectivity index (χ4n) is 2.92. The fourth-order valence-corrected chi connectivity index (χ4v) is 2.92. The summed E-state index contributed by atoms with van der Waals surface area (Å²) in [6.07, 6.45) is 29.4. The smallest absolute Gasteiger partial charge is 0.244 e. The maximum Gasteiger partial charge on any atom is 0.244 e. The van der Waals surface area contributed by atoms with Gasteiger partial charge in [0.05, 0.1) is 5.60 Å². The fraction of sp³-hybridized carbons (Fsp3) is 0.577. The average Bonchev–Trinajstić information content (AvgIpc) is 2.72. The number of hydrogen-bond donors (Lipinski definition) is 2. The zero-order valence-corrected chi connectivity index (χ0v) is 18.9. The first kappa shape index (κ1) is 27.1. The van der Waals surface area contributed by atoms with E-state index in [0.29, 0.717) is 6.54 Å². The lowest BCUT2D eigenvalue weighted by Gasteiger charge is -2.28. The molecule has 0 saturated carbocycles. The topological polar surface area (TPSA) is 49.3 Å². The van der Waals surface area contributed by atoms with Gasteiger partial charge in [0.15, 0.2) is 0 Å². The minimum Gasteiger partial charge on any atom is -0.388 e. The Kier molecular flexibility index (Phi) is 18.2. The summed E-state index contributed by atoms with van der Waals surface area (Å²) >= 11 is 0. The molecular weight excluding hydrogens is 358 g/mol. The normalized spacial score (nSPS) is 14.8. The highest BCUT2D eigenvalue weighted by Crippen LogP contribution is 2.21. The molecule has 1 amide bonds. The van der Waals surface area contributed by atoms with Gasteiger partial charge in [-0.2, -0.15) is 0 Å². The first-order valence-corrected chi connectivity index (χ1v) is 11.4. The molecule has 164 valence electrons. The summed E-state index contributed by atoms with van der Waals surface area (Å²) in [7, 11) is 0. The summed E-state index contributed by atoms with van der Waals surface area (Å²) in [5.74, 6) is -0.146. The zero-order valence-electron chi connectivity index (χ0n) is 18.9. The summed E-state index contributed by atoms with van der Waals surface area (Å²) in [4.78, 5) is 12.0. The van der Waals surface area contributed by atoms with Crippen LogP contribution < -0.4 is 5.32 Å². The Bertz CT molecular complexity index is 543. The lowest BCUT2D eigenvalue weighted by Crippen LogP contribution is -2.42. The lowest BCUT2D eigenvalue weighted by atomic mass is 9.90. The van der Waals surface area contributed by atoms with Gasteiger partial charge >= 0.3 is 0 Å². The van der Waals surface area contributed by atoms with Gasteiger partial charge in [0.25, 0.3) is 0 Å². The van der Waals surface area contributed by atoms with Crippen LogP contribution in [0.2, 0.25) is 0 Å². The molecule has 1 atom stereocenters. The van der Waals surface area contributed by atoms with Crippen molar-refractivity contribution < 1.29 is 9.90 Å². The van der Waals surface area contributed by atoms with Gasteiger partial charge in [-0.15, -0.1) is 0 Å². The van der Waals surface area contributed by atoms with Crippen molar-refractivity contribution in [2.75, 3.05) is 6.54 Å². The van der Waals surface area contributed by atoms with Crippen molar-refractivity contribution in [1.29, 1.82) is 0 Å². The summed E-state index contributed by atoms with van der Waals surface area (Å²) in [6, 6.07) is 0. The van der Waals surface area contributed by atoms with E-state index in [-0.39, 0.29) is 5.91 Å². The summed E-state index contributed by atoms with van der Waals surface area (Å²) < 4.78 is 0. The molecule has 0 heterocycles. The van der Waals surface area contributed by atoms with Gasteiger partial charge in [-0.25, -0.2) is 0 Å². The number of nitrogens with one attached hydrogen (secondary N) is 1. The maximum atomic E-state index is 12.0. The Morgan fingerprint density at radius 3 is 2.10 bits per heavy atom. The second-order valence-corrected chi connectivity index (χ2v) is 7.56. The van der Waals surface area contributed by atoms with Gasteiger partial charge in [0.1, 0.15) is 0 Å². The summed E-state index contributed by atoms with van der Waals surface area (Å²) in [5.41, 5.74) is -0.781. The van der Waals surface area contributed by atoms with Crippen LogP contribution in [0, 0.1) is 0 Å². The SMILES string of the molecule is CC=CC=CC=CCCC=CC=CC(=O)NCC(O)(CCCC)CCCCCC. The number of amides is 1. The van der Waals surface area contributed by atoms with E-state index in [1.54, 1.807) is 6.08 Å². The van der Waals surface area contributed by atoms with E-state index in [2.05, 4.69) is 31.3 Å². The molecule has 3 heteroatoms. The van der Waals surface area contributed by atoms with Crippen molar-refractivity contribution in [3.8, 4) is 0 Å². The molecule has 1 unspecified atom stereocenters. The number of carbonyl (C=O) groups is 1. The maximum absolute atomic E-state index is 12.0. The molecule has 0 fully saturated rings. The van der Waals surface area contributed by atoms with Crippen LogP contribution in [-0.4, -0.2) is 23.2 Å². The highest BCUT2D eigenvalue weighted by molar-refractivity contribution is 5.87. The van der Waals surface area contributed by atoms with Gasteiger partial charge in [-0.1, -0.05) is 107 Å². The quantitative estimate of drug-likeness (QED) is 0.164. The number of carbonyl (C=O) groups excluding carboxylic acids is 1. The van der Waals surface area contributed by atoms with Crippen LogP contribution in [0.5, 0.6) is 0 Å². The molecule has 0 radical (unpaired) electrons. The highest BCUT2D eigenvalue weighted by atomic mass is 16.3. The van der Waals surface area contributed by atoms with E-state index in [0.717, 1.165) is 51.4 Å². The molecule has 0 spiro atoms. The highest BCUT2D eigenvalue weighted by Gasteiger charge is 2.25. The molecule has 2 N–H and O–H groups in total. The van der Waals surface area contributed by atoms with E-state index in [9.17, 15) is 9.90 Å². The molecule has 0 aliphatic heterocycles. The molecule has 3 nitrogen and oxygen atoms in total. The summed E-state index contributed by atoms with van der Waals surface area (Å²) in [5, 5.41) is 13.8. The standard InChI is InChI=1S/C26H43NO2/c1-4-7-10-12-13-14-15-16-17-18-19-21-25(28)27-24-26(29,22-9-6-3)23-20-11-8-5-2/h4,7,10,12-14,17-19,21,29H,5-6,8-9,11,15-16,20,22-24H2,1-3H3,(H,27,28). The Hall–Kier alpha value is -1.87. The first-order valence-electron chi connectivity index (χ1n) is 11.4. The third kappa shape index (κ3) is 17.9. The molecule has 0 aromatic carbocycles. The molecule has 0 aromatic rings. The van der Waals surface area contributed by atoms with Crippen LogP contribution in [-0.2, 0) is 4.79 Å². The third-order valence-electron chi connectivity index (χ3n) is 4.74. The van der Waals surface area contributed by atoms with E-state index < -0.39 is 5.60 Å². The van der Waals surface area contributed by atoms with Gasteiger partial charge in [0, 0.05) is 12.6 Å². The minimum absolute atomic E-state index is 0.146. The second kappa shape index (κ2) is 19.4. The molecule has 0 saturated heterocycles. The largest absolute Gasteiger partial charge is 0.388 e. The van der Waals surface area contributed by atoms with Crippen LogP contribution in [0.3, 0.4) is 0 Å². The van der Waals surface area contributed by atoms with Crippen LogP contribution >= 0.6 is 0 Å². The molecule has 0 aromatic heterocycles. The van der Waals surface area contributed by atoms with Crippen molar-refractivity contribution in [3.05, 3.63) is 60.8 Å². The van der Waals surface area contributed by atoms with E-state index in [1.807, 2.05) is 43.4 Å². The Morgan fingerprint density at radius 1 is 0.828 bits per heavy atom. The second-order valence-electron chi connectivity index (χ2n) is 7.56. The number of rotatable bonds is 17. The number of allylic oxidation sites excluding steroid dienone is 9. The van der Waals surface area contributed by atoms with Gasteiger partial charge in [0.2, 0.25) is 5.91 Å². The predicted octanol–water partition coefficient (Wildman–Crippen LogP) is 6.58. The van der Waals surface area contributed by atoms with E-state index in [1.165, 1.54) is 18.9 Å². The average molecular weight is 402 g/mol. The van der Waals surface area contributed by atoms with Crippen molar-refractivity contribution >= 4 is 5.91 Å².